The maximum atomic E-state index is 12.9. The van der Waals surface area contributed by atoms with Crippen molar-refractivity contribution in [2.24, 2.45) is 0 Å². The van der Waals surface area contributed by atoms with Gasteiger partial charge < -0.3 is 10.8 Å². The molecule has 0 aliphatic heterocycles. The van der Waals surface area contributed by atoms with Gasteiger partial charge in [0.1, 0.15) is 5.82 Å². The summed E-state index contributed by atoms with van der Waals surface area (Å²) in [6, 6.07) is 11.2. The van der Waals surface area contributed by atoms with Gasteiger partial charge in [0.2, 0.25) is 0 Å². The number of anilines is 1. The van der Waals surface area contributed by atoms with Crippen molar-refractivity contribution in [3.05, 3.63) is 64.4 Å². The first-order valence-electron chi connectivity index (χ1n) is 5.53. The number of rotatable bonds is 3. The van der Waals surface area contributed by atoms with E-state index >= 15 is 0 Å². The van der Waals surface area contributed by atoms with E-state index in [9.17, 15) is 9.50 Å². The number of nitrogen functional groups attached to an aromatic ring is 1. The Kier molecular flexibility index (Phi) is 3.84. The van der Waals surface area contributed by atoms with Gasteiger partial charge in [-0.15, -0.1) is 0 Å². The summed E-state index contributed by atoms with van der Waals surface area (Å²) in [4.78, 5) is 0. The second-order valence-electron chi connectivity index (χ2n) is 4.13. The van der Waals surface area contributed by atoms with Crippen LogP contribution >= 0.6 is 11.6 Å². The minimum absolute atomic E-state index is 0.318. The molecule has 0 bridgehead atoms. The maximum Gasteiger partial charge on any atom is 0.124 e. The molecule has 0 radical (unpaired) electrons. The minimum Gasteiger partial charge on any atom is -0.399 e. The first-order chi connectivity index (χ1) is 8.56. The largest absolute Gasteiger partial charge is 0.399 e. The topological polar surface area (TPSA) is 46.2 Å². The van der Waals surface area contributed by atoms with E-state index in [1.165, 1.54) is 12.1 Å². The molecule has 0 aliphatic rings. The molecule has 18 heavy (non-hydrogen) atoms. The monoisotopic (exact) mass is 265 g/mol. The van der Waals surface area contributed by atoms with Gasteiger partial charge >= 0.3 is 0 Å². The lowest BCUT2D eigenvalue weighted by atomic mass is 10.0. The van der Waals surface area contributed by atoms with Crippen molar-refractivity contribution >= 4 is 17.3 Å². The molecule has 4 heteroatoms. The summed E-state index contributed by atoms with van der Waals surface area (Å²) >= 11 is 5.92. The Hall–Kier alpha value is -1.58. The van der Waals surface area contributed by atoms with Crippen LogP contribution in [0, 0.1) is 5.82 Å². The number of hydrogen-bond acceptors (Lipinski definition) is 2. The third-order valence-corrected chi connectivity index (χ3v) is 3.08. The molecule has 94 valence electrons. The van der Waals surface area contributed by atoms with Gasteiger partial charge in [0.15, 0.2) is 0 Å². The predicted molar refractivity (Wildman–Crippen MR) is 70.9 cm³/mol. The summed E-state index contributed by atoms with van der Waals surface area (Å²) in [5.41, 5.74) is 7.67. The van der Waals surface area contributed by atoms with Crippen LogP contribution in [0.4, 0.5) is 10.1 Å². The normalized spacial score (nSPS) is 12.4. The Morgan fingerprint density at radius 2 is 2.00 bits per heavy atom. The van der Waals surface area contributed by atoms with Gasteiger partial charge in [-0.2, -0.15) is 0 Å². The van der Waals surface area contributed by atoms with Crippen LogP contribution in [-0.2, 0) is 6.42 Å². The summed E-state index contributed by atoms with van der Waals surface area (Å²) in [5, 5.41) is 10.4. The highest BCUT2D eigenvalue weighted by Crippen LogP contribution is 2.25. The van der Waals surface area contributed by atoms with Crippen LogP contribution in [0.25, 0.3) is 0 Å². The lowest BCUT2D eigenvalue weighted by Gasteiger charge is -2.12. The maximum absolute atomic E-state index is 12.9. The third kappa shape index (κ3) is 3.00. The van der Waals surface area contributed by atoms with Crippen LogP contribution in [0.15, 0.2) is 42.5 Å². The van der Waals surface area contributed by atoms with Crippen molar-refractivity contribution in [2.75, 3.05) is 5.73 Å². The van der Waals surface area contributed by atoms with E-state index in [1.54, 1.807) is 30.3 Å². The highest BCUT2D eigenvalue weighted by molar-refractivity contribution is 6.31. The molecule has 1 unspecified atom stereocenters. The Bertz CT molecular complexity index is 559. The smallest absolute Gasteiger partial charge is 0.124 e. The molecule has 3 N–H and O–H groups in total. The van der Waals surface area contributed by atoms with Gasteiger partial charge in [-0.3, -0.25) is 0 Å². The molecule has 0 amide bonds. The molecular formula is C14H13ClFNO. The van der Waals surface area contributed by atoms with Gasteiger partial charge in [-0.05, 0) is 35.4 Å². The molecule has 0 saturated carbocycles. The molecular weight excluding hydrogens is 253 g/mol. The second kappa shape index (κ2) is 5.38. The zero-order chi connectivity index (χ0) is 13.1. The molecule has 2 rings (SSSR count). The second-order valence-corrected chi connectivity index (χ2v) is 4.53. The Morgan fingerprint density at radius 1 is 1.22 bits per heavy atom. The molecule has 0 aromatic heterocycles. The van der Waals surface area contributed by atoms with Gasteiger partial charge in [0, 0.05) is 17.1 Å². The van der Waals surface area contributed by atoms with Crippen LogP contribution in [0.2, 0.25) is 5.02 Å². The van der Waals surface area contributed by atoms with Gasteiger partial charge in [-0.25, -0.2) is 4.39 Å². The van der Waals surface area contributed by atoms with Crippen molar-refractivity contribution in [2.45, 2.75) is 12.5 Å². The van der Waals surface area contributed by atoms with E-state index < -0.39 is 6.10 Å². The van der Waals surface area contributed by atoms with Crippen molar-refractivity contribution in [3.63, 3.8) is 0 Å². The van der Waals surface area contributed by atoms with Crippen LogP contribution in [0.5, 0.6) is 0 Å². The number of hydrogen-bond donors (Lipinski definition) is 2. The summed E-state index contributed by atoms with van der Waals surface area (Å²) < 4.78 is 12.9. The molecule has 2 nitrogen and oxygen atoms in total. The number of halogens is 2. The number of aliphatic hydroxyl groups is 1. The van der Waals surface area contributed by atoms with Crippen LogP contribution in [-0.4, -0.2) is 5.11 Å². The SMILES string of the molecule is Nc1cccc(C(O)Cc2ccc(F)cc2Cl)c1. The van der Waals surface area contributed by atoms with E-state index in [0.717, 1.165) is 5.56 Å². The Balaban J connectivity index is 2.18. The first kappa shape index (κ1) is 12.9. The lowest BCUT2D eigenvalue weighted by Crippen LogP contribution is -2.03. The fourth-order valence-corrected chi connectivity index (χ4v) is 2.02. The molecule has 0 aliphatic carbocycles. The average molecular weight is 266 g/mol. The average Bonchev–Trinajstić information content (AvgIpc) is 2.32. The van der Waals surface area contributed by atoms with Gasteiger partial charge in [0.05, 0.1) is 6.10 Å². The summed E-state index contributed by atoms with van der Waals surface area (Å²) in [5.74, 6) is -0.387. The molecule has 1 atom stereocenters. The summed E-state index contributed by atoms with van der Waals surface area (Å²) in [6.45, 7) is 0. The van der Waals surface area contributed by atoms with E-state index in [1.807, 2.05) is 0 Å². The lowest BCUT2D eigenvalue weighted by molar-refractivity contribution is 0.178. The van der Waals surface area contributed by atoms with E-state index in [4.69, 9.17) is 17.3 Å². The molecule has 0 spiro atoms. The van der Waals surface area contributed by atoms with E-state index in [2.05, 4.69) is 0 Å². The highest BCUT2D eigenvalue weighted by Gasteiger charge is 2.11. The van der Waals surface area contributed by atoms with E-state index in [0.29, 0.717) is 22.7 Å². The molecule has 2 aromatic carbocycles. The van der Waals surface area contributed by atoms with Crippen LogP contribution in [0.3, 0.4) is 0 Å². The quantitative estimate of drug-likeness (QED) is 0.836. The van der Waals surface area contributed by atoms with Crippen molar-refractivity contribution in [3.8, 4) is 0 Å². The van der Waals surface area contributed by atoms with Gasteiger partial charge in [0.25, 0.3) is 0 Å². The van der Waals surface area contributed by atoms with Crippen molar-refractivity contribution in [1.82, 2.24) is 0 Å². The fraction of sp³-hybridized carbons (Fsp3) is 0.143. The van der Waals surface area contributed by atoms with E-state index in [-0.39, 0.29) is 5.82 Å². The molecule has 0 heterocycles. The fourth-order valence-electron chi connectivity index (χ4n) is 1.78. The predicted octanol–water partition coefficient (Wildman–Crippen LogP) is 3.34. The molecule has 0 fully saturated rings. The molecule has 0 saturated heterocycles. The highest BCUT2D eigenvalue weighted by atomic mass is 35.5. The number of nitrogens with two attached hydrogens (primary N) is 1. The van der Waals surface area contributed by atoms with Gasteiger partial charge in [-0.1, -0.05) is 29.8 Å². The third-order valence-electron chi connectivity index (χ3n) is 2.72. The van der Waals surface area contributed by atoms with Crippen molar-refractivity contribution < 1.29 is 9.50 Å². The Morgan fingerprint density at radius 3 is 2.67 bits per heavy atom. The van der Waals surface area contributed by atoms with Crippen LogP contribution < -0.4 is 5.73 Å². The van der Waals surface area contributed by atoms with Crippen molar-refractivity contribution in [1.29, 1.82) is 0 Å². The number of aliphatic hydroxyl groups excluding tert-OH is 1. The number of benzene rings is 2. The van der Waals surface area contributed by atoms with Crippen LogP contribution in [0.1, 0.15) is 17.2 Å². The Labute approximate surface area is 110 Å². The minimum atomic E-state index is -0.712. The first-order valence-corrected chi connectivity index (χ1v) is 5.91. The summed E-state index contributed by atoms with van der Waals surface area (Å²) in [7, 11) is 0. The summed E-state index contributed by atoms with van der Waals surface area (Å²) in [6.07, 6.45) is -0.390. The zero-order valence-electron chi connectivity index (χ0n) is 9.61. The zero-order valence-corrected chi connectivity index (χ0v) is 10.4. The molecule has 2 aromatic rings. The standard InChI is InChI=1S/C14H13ClFNO/c15-13-8-11(16)5-4-9(13)7-14(18)10-2-1-3-12(17)6-10/h1-6,8,14,18H,7,17H2.